The van der Waals surface area contributed by atoms with Gasteiger partial charge in [0, 0.05) is 6.54 Å². The van der Waals surface area contributed by atoms with Gasteiger partial charge in [-0.1, -0.05) is 30.3 Å². The summed E-state index contributed by atoms with van der Waals surface area (Å²) in [5.41, 5.74) is 1.91. The number of rotatable bonds is 4. The molecule has 1 aromatic carbocycles. The Morgan fingerprint density at radius 2 is 2.00 bits per heavy atom. The van der Waals surface area contributed by atoms with E-state index in [2.05, 4.69) is 5.10 Å². The monoisotopic (exact) mass is 231 g/mol. The Labute approximate surface area is 102 Å². The number of hydrogen-bond acceptors (Lipinski definition) is 3. The van der Waals surface area contributed by atoms with E-state index in [0.717, 1.165) is 17.8 Å². The zero-order valence-corrected chi connectivity index (χ0v) is 10.3. The van der Waals surface area contributed by atoms with Gasteiger partial charge in [-0.3, -0.25) is 4.79 Å². The molecule has 0 saturated heterocycles. The Hall–Kier alpha value is -1.68. The number of carbonyl (C=O) groups excluding carboxylic acids is 1. The summed E-state index contributed by atoms with van der Waals surface area (Å²) in [6, 6.07) is 9.86. The third-order valence-corrected chi connectivity index (χ3v) is 2.71. The SMILES string of the molecule is CN(C)CCN1N=C(c2ccccc2)CC1=O. The van der Waals surface area contributed by atoms with Gasteiger partial charge in [-0.15, -0.1) is 0 Å². The van der Waals surface area contributed by atoms with Crippen molar-refractivity contribution in [3.63, 3.8) is 0 Å². The molecule has 4 heteroatoms. The minimum absolute atomic E-state index is 0.0886. The molecule has 0 aliphatic carbocycles. The van der Waals surface area contributed by atoms with Crippen molar-refractivity contribution in [2.45, 2.75) is 6.42 Å². The van der Waals surface area contributed by atoms with Crippen LogP contribution >= 0.6 is 0 Å². The van der Waals surface area contributed by atoms with Gasteiger partial charge in [-0.05, 0) is 19.7 Å². The molecular weight excluding hydrogens is 214 g/mol. The van der Waals surface area contributed by atoms with Crippen LogP contribution in [0, 0.1) is 0 Å². The number of benzene rings is 1. The summed E-state index contributed by atoms with van der Waals surface area (Å²) in [6.45, 7) is 1.49. The number of hydrazone groups is 1. The summed E-state index contributed by atoms with van der Waals surface area (Å²) in [5.74, 6) is 0.0886. The quantitative estimate of drug-likeness (QED) is 0.780. The minimum Gasteiger partial charge on any atom is -0.308 e. The van der Waals surface area contributed by atoms with Crippen molar-refractivity contribution >= 4 is 11.6 Å². The van der Waals surface area contributed by atoms with Crippen molar-refractivity contribution in [3.8, 4) is 0 Å². The highest BCUT2D eigenvalue weighted by Crippen LogP contribution is 2.14. The van der Waals surface area contributed by atoms with Crippen molar-refractivity contribution < 1.29 is 4.79 Å². The van der Waals surface area contributed by atoms with Gasteiger partial charge < -0.3 is 4.90 Å². The molecule has 0 spiro atoms. The Balaban J connectivity index is 2.06. The summed E-state index contributed by atoms with van der Waals surface area (Å²) in [6.07, 6.45) is 0.414. The molecule has 1 heterocycles. The van der Waals surface area contributed by atoms with E-state index in [1.54, 1.807) is 5.01 Å². The van der Waals surface area contributed by atoms with Crippen LogP contribution in [0.1, 0.15) is 12.0 Å². The molecule has 0 aromatic heterocycles. The van der Waals surface area contributed by atoms with Crippen LogP contribution in [0.2, 0.25) is 0 Å². The molecule has 90 valence electrons. The molecule has 0 saturated carbocycles. The number of carbonyl (C=O) groups is 1. The van der Waals surface area contributed by atoms with Crippen LogP contribution in [0.15, 0.2) is 35.4 Å². The van der Waals surface area contributed by atoms with Gasteiger partial charge in [0.15, 0.2) is 0 Å². The van der Waals surface area contributed by atoms with Crippen molar-refractivity contribution in [2.75, 3.05) is 27.2 Å². The van der Waals surface area contributed by atoms with E-state index in [1.807, 2.05) is 49.3 Å². The van der Waals surface area contributed by atoms with Gasteiger partial charge in [-0.2, -0.15) is 5.10 Å². The zero-order valence-electron chi connectivity index (χ0n) is 10.3. The normalized spacial score (nSPS) is 15.6. The lowest BCUT2D eigenvalue weighted by Gasteiger charge is -2.14. The Morgan fingerprint density at radius 3 is 2.65 bits per heavy atom. The van der Waals surface area contributed by atoms with E-state index >= 15 is 0 Å². The second-order valence-electron chi connectivity index (χ2n) is 4.41. The van der Waals surface area contributed by atoms with Crippen molar-refractivity contribution in [1.29, 1.82) is 0 Å². The van der Waals surface area contributed by atoms with Crippen LogP contribution in [0.25, 0.3) is 0 Å². The van der Waals surface area contributed by atoms with Crippen LogP contribution in [-0.2, 0) is 4.79 Å². The molecule has 1 aliphatic heterocycles. The maximum Gasteiger partial charge on any atom is 0.248 e. The molecule has 4 nitrogen and oxygen atoms in total. The molecule has 1 aliphatic rings. The number of amides is 1. The summed E-state index contributed by atoms with van der Waals surface area (Å²) in [7, 11) is 3.98. The smallest absolute Gasteiger partial charge is 0.248 e. The summed E-state index contributed by atoms with van der Waals surface area (Å²) >= 11 is 0. The Morgan fingerprint density at radius 1 is 1.29 bits per heavy atom. The topological polar surface area (TPSA) is 35.9 Å². The molecule has 0 unspecified atom stereocenters. The minimum atomic E-state index is 0.0886. The maximum atomic E-state index is 11.8. The average Bonchev–Trinajstić information content (AvgIpc) is 2.69. The molecule has 0 fully saturated rings. The highest BCUT2D eigenvalue weighted by atomic mass is 16.2. The second-order valence-corrected chi connectivity index (χ2v) is 4.41. The second kappa shape index (κ2) is 5.10. The molecule has 2 rings (SSSR count). The first-order valence-electron chi connectivity index (χ1n) is 5.75. The lowest BCUT2D eigenvalue weighted by atomic mass is 10.1. The summed E-state index contributed by atoms with van der Waals surface area (Å²) < 4.78 is 0. The lowest BCUT2D eigenvalue weighted by Crippen LogP contribution is -2.29. The highest BCUT2D eigenvalue weighted by molar-refractivity contribution is 6.13. The van der Waals surface area contributed by atoms with Crippen molar-refractivity contribution in [3.05, 3.63) is 35.9 Å². The van der Waals surface area contributed by atoms with Crippen LogP contribution in [-0.4, -0.2) is 48.7 Å². The fourth-order valence-corrected chi connectivity index (χ4v) is 1.73. The first kappa shape index (κ1) is 11.8. The molecule has 0 bridgehead atoms. The predicted molar refractivity (Wildman–Crippen MR) is 67.9 cm³/mol. The molecule has 0 atom stereocenters. The molecule has 17 heavy (non-hydrogen) atoms. The van der Waals surface area contributed by atoms with E-state index in [0.29, 0.717) is 13.0 Å². The van der Waals surface area contributed by atoms with Gasteiger partial charge in [0.25, 0.3) is 0 Å². The zero-order chi connectivity index (χ0) is 12.3. The van der Waals surface area contributed by atoms with E-state index in [4.69, 9.17) is 0 Å². The standard InChI is InChI=1S/C13H17N3O/c1-15(2)8-9-16-13(17)10-12(14-16)11-6-4-3-5-7-11/h3-7H,8-10H2,1-2H3. The Bertz CT molecular complexity index is 426. The first-order valence-corrected chi connectivity index (χ1v) is 5.75. The van der Waals surface area contributed by atoms with Gasteiger partial charge in [0.2, 0.25) is 5.91 Å². The largest absolute Gasteiger partial charge is 0.308 e. The predicted octanol–water partition coefficient (Wildman–Crippen LogP) is 1.18. The fourth-order valence-electron chi connectivity index (χ4n) is 1.73. The first-order chi connectivity index (χ1) is 8.16. The van der Waals surface area contributed by atoms with Gasteiger partial charge in [0.1, 0.15) is 0 Å². The maximum absolute atomic E-state index is 11.8. The average molecular weight is 231 g/mol. The number of likely N-dealkylation sites (N-methyl/N-ethyl adjacent to an activating group) is 1. The lowest BCUT2D eigenvalue weighted by molar-refractivity contribution is -0.128. The summed E-state index contributed by atoms with van der Waals surface area (Å²) in [5, 5.41) is 5.96. The molecule has 1 aromatic rings. The van der Waals surface area contributed by atoms with E-state index < -0.39 is 0 Å². The molecule has 0 radical (unpaired) electrons. The number of nitrogens with zero attached hydrogens (tertiary/aromatic N) is 3. The third kappa shape index (κ3) is 2.91. The molecule has 1 amide bonds. The molecular formula is C13H17N3O. The fraction of sp³-hybridized carbons (Fsp3) is 0.385. The van der Waals surface area contributed by atoms with Crippen molar-refractivity contribution in [1.82, 2.24) is 9.91 Å². The van der Waals surface area contributed by atoms with Crippen molar-refractivity contribution in [2.24, 2.45) is 5.10 Å². The summed E-state index contributed by atoms with van der Waals surface area (Å²) in [4.78, 5) is 13.8. The van der Waals surface area contributed by atoms with Gasteiger partial charge in [-0.25, -0.2) is 5.01 Å². The van der Waals surface area contributed by atoms with Crippen LogP contribution in [0.4, 0.5) is 0 Å². The van der Waals surface area contributed by atoms with Crippen LogP contribution < -0.4 is 0 Å². The van der Waals surface area contributed by atoms with E-state index in [9.17, 15) is 4.79 Å². The van der Waals surface area contributed by atoms with E-state index in [1.165, 1.54) is 0 Å². The Kier molecular flexibility index (Phi) is 3.54. The third-order valence-electron chi connectivity index (χ3n) is 2.71. The van der Waals surface area contributed by atoms with Crippen LogP contribution in [0.3, 0.4) is 0 Å². The molecule has 0 N–H and O–H groups in total. The van der Waals surface area contributed by atoms with Gasteiger partial charge in [0.05, 0.1) is 18.7 Å². The number of hydrogen-bond donors (Lipinski definition) is 0. The van der Waals surface area contributed by atoms with Gasteiger partial charge >= 0.3 is 0 Å². The highest BCUT2D eigenvalue weighted by Gasteiger charge is 2.24. The van der Waals surface area contributed by atoms with E-state index in [-0.39, 0.29) is 5.91 Å². The van der Waals surface area contributed by atoms with Crippen LogP contribution in [0.5, 0.6) is 0 Å².